The number of hydrogen-bond acceptors (Lipinski definition) is 9. The van der Waals surface area contributed by atoms with Crippen molar-refractivity contribution in [2.75, 3.05) is 48.3 Å². The summed E-state index contributed by atoms with van der Waals surface area (Å²) in [5, 5.41) is 15.4. The van der Waals surface area contributed by atoms with E-state index in [1.807, 2.05) is 4.90 Å². The first-order valence-electron chi connectivity index (χ1n) is 12.8. The Morgan fingerprint density at radius 3 is 2.70 bits per heavy atom. The number of β-amino-alcohol motifs (C(OH)–C–C–N with tert-alkyl or cyclic N) is 1. The molecule has 1 aliphatic heterocycles. The summed E-state index contributed by atoms with van der Waals surface area (Å²) in [5.74, 6) is -0.321. The summed E-state index contributed by atoms with van der Waals surface area (Å²) in [4.78, 5) is 44.3. The van der Waals surface area contributed by atoms with E-state index >= 15 is 4.39 Å². The summed E-state index contributed by atoms with van der Waals surface area (Å²) in [7, 11) is 0. The van der Waals surface area contributed by atoms with E-state index in [4.69, 9.17) is 0 Å². The molecule has 11 nitrogen and oxygen atoms in total. The van der Waals surface area contributed by atoms with Crippen molar-refractivity contribution < 1.29 is 14.3 Å². The Hall–Kier alpha value is -4.68. The van der Waals surface area contributed by atoms with Gasteiger partial charge in [0.1, 0.15) is 17.0 Å². The van der Waals surface area contributed by atoms with Crippen LogP contribution in [0.1, 0.15) is 6.92 Å². The number of hydrogen-bond donors (Lipinski definition) is 4. The molecule has 5 rings (SSSR count). The van der Waals surface area contributed by atoms with Gasteiger partial charge in [0.15, 0.2) is 5.65 Å². The number of rotatable bonds is 8. The van der Waals surface area contributed by atoms with Crippen LogP contribution < -0.4 is 21.1 Å². The lowest BCUT2D eigenvalue weighted by Crippen LogP contribution is -2.48. The van der Waals surface area contributed by atoms with Gasteiger partial charge in [0, 0.05) is 55.9 Å². The molecule has 0 saturated carbocycles. The van der Waals surface area contributed by atoms with Gasteiger partial charge >= 0.3 is 0 Å². The van der Waals surface area contributed by atoms with Crippen molar-refractivity contribution in [1.29, 1.82) is 0 Å². The third kappa shape index (κ3) is 6.14. The maximum absolute atomic E-state index is 15.1. The van der Waals surface area contributed by atoms with E-state index in [1.165, 1.54) is 12.3 Å². The first kappa shape index (κ1) is 26.9. The molecule has 2 aromatic carbocycles. The number of piperazine rings is 1. The predicted molar refractivity (Wildman–Crippen MR) is 152 cm³/mol. The number of nitrogens with zero attached hydrogens (tertiary/aromatic N) is 5. The molecule has 0 aliphatic carbocycles. The lowest BCUT2D eigenvalue weighted by Gasteiger charge is -2.36. The molecule has 0 bridgehead atoms. The molecule has 3 heterocycles. The number of aliphatic hydroxyl groups is 1. The summed E-state index contributed by atoms with van der Waals surface area (Å²) in [6, 6.07) is 11.7. The third-order valence-corrected chi connectivity index (χ3v) is 6.49. The molecule has 40 heavy (non-hydrogen) atoms. The molecule has 1 atom stereocenters. The Morgan fingerprint density at radius 1 is 1.18 bits per heavy atom. The molecule has 0 unspecified atom stereocenters. The van der Waals surface area contributed by atoms with Crippen LogP contribution in [0.4, 0.5) is 27.4 Å². The molecule has 1 amide bonds. The van der Waals surface area contributed by atoms with Crippen molar-refractivity contribution in [2.45, 2.75) is 13.0 Å². The SMILES string of the molecule is C=CC(=O)Nc1cccc(-c2nc3nc(Nc4ccc(N5CCN(C[C@@H](C)O)CC5)c(F)c4)ncc3c(=O)[nH]2)c1. The third-order valence-electron chi connectivity index (χ3n) is 6.49. The van der Waals surface area contributed by atoms with Gasteiger partial charge in [-0.3, -0.25) is 14.5 Å². The summed E-state index contributed by atoms with van der Waals surface area (Å²) in [5.41, 5.74) is 1.77. The van der Waals surface area contributed by atoms with Crippen LogP contribution in [0.2, 0.25) is 0 Å². The van der Waals surface area contributed by atoms with E-state index < -0.39 is 11.7 Å². The van der Waals surface area contributed by atoms with Crippen molar-refractivity contribution in [3.63, 3.8) is 0 Å². The summed E-state index contributed by atoms with van der Waals surface area (Å²) in [6.45, 7) is 8.62. The van der Waals surface area contributed by atoms with Crippen molar-refractivity contribution in [2.24, 2.45) is 0 Å². The van der Waals surface area contributed by atoms with Crippen LogP contribution in [0.25, 0.3) is 22.4 Å². The van der Waals surface area contributed by atoms with E-state index in [1.54, 1.807) is 43.3 Å². The average Bonchev–Trinajstić information content (AvgIpc) is 2.93. The fourth-order valence-electron chi connectivity index (χ4n) is 4.58. The van der Waals surface area contributed by atoms with Crippen molar-refractivity contribution in [3.8, 4) is 11.4 Å². The van der Waals surface area contributed by atoms with Crippen LogP contribution in [0.5, 0.6) is 0 Å². The van der Waals surface area contributed by atoms with E-state index in [0.717, 1.165) is 19.2 Å². The van der Waals surface area contributed by atoms with Gasteiger partial charge in [0.2, 0.25) is 11.9 Å². The van der Waals surface area contributed by atoms with Gasteiger partial charge in [-0.25, -0.2) is 14.4 Å². The maximum Gasteiger partial charge on any atom is 0.262 e. The second-order valence-corrected chi connectivity index (χ2v) is 9.55. The number of aliphatic hydroxyl groups excluding tert-OH is 1. The second-order valence-electron chi connectivity index (χ2n) is 9.55. The lowest BCUT2D eigenvalue weighted by atomic mass is 10.2. The topological polar surface area (TPSA) is 139 Å². The molecule has 4 aromatic rings. The minimum atomic E-state index is -0.420. The first-order valence-corrected chi connectivity index (χ1v) is 12.8. The molecule has 206 valence electrons. The number of halogens is 1. The van der Waals surface area contributed by atoms with Gasteiger partial charge in [-0.15, -0.1) is 0 Å². The smallest absolute Gasteiger partial charge is 0.262 e. The number of carbonyl (C=O) groups excluding carboxylic acids is 1. The van der Waals surface area contributed by atoms with Gasteiger partial charge in [-0.05, 0) is 43.3 Å². The highest BCUT2D eigenvalue weighted by atomic mass is 19.1. The highest BCUT2D eigenvalue weighted by Gasteiger charge is 2.20. The number of amides is 1. The lowest BCUT2D eigenvalue weighted by molar-refractivity contribution is -0.111. The van der Waals surface area contributed by atoms with Crippen molar-refractivity contribution >= 4 is 40.0 Å². The molecule has 0 spiro atoms. The Bertz CT molecular complexity index is 1620. The van der Waals surface area contributed by atoms with E-state index in [2.05, 4.69) is 42.0 Å². The van der Waals surface area contributed by atoms with Crippen LogP contribution in [-0.2, 0) is 4.79 Å². The number of benzene rings is 2. The Labute approximate surface area is 229 Å². The van der Waals surface area contributed by atoms with Crippen LogP contribution in [0.3, 0.4) is 0 Å². The summed E-state index contributed by atoms with van der Waals surface area (Å²) < 4.78 is 15.1. The number of carbonyl (C=O) groups is 1. The zero-order valence-electron chi connectivity index (χ0n) is 21.9. The van der Waals surface area contributed by atoms with Gasteiger partial charge in [0.25, 0.3) is 5.56 Å². The van der Waals surface area contributed by atoms with Gasteiger partial charge in [0.05, 0.1) is 11.8 Å². The minimum absolute atomic E-state index is 0.155. The monoisotopic (exact) mass is 544 g/mol. The number of aromatic nitrogens is 4. The molecule has 1 aliphatic rings. The molecule has 1 fully saturated rings. The number of fused-ring (bicyclic) bond motifs is 1. The van der Waals surface area contributed by atoms with Gasteiger partial charge in [-0.2, -0.15) is 4.98 Å². The number of aromatic amines is 1. The zero-order valence-corrected chi connectivity index (χ0v) is 21.9. The molecule has 0 radical (unpaired) electrons. The summed E-state index contributed by atoms with van der Waals surface area (Å²) >= 11 is 0. The molecular formula is C28H29FN8O3. The molecule has 4 N–H and O–H groups in total. The Morgan fingerprint density at radius 2 is 1.98 bits per heavy atom. The van der Waals surface area contributed by atoms with Gasteiger partial charge < -0.3 is 25.6 Å². The normalized spacial score (nSPS) is 14.6. The summed E-state index contributed by atoms with van der Waals surface area (Å²) in [6.07, 6.45) is 2.13. The highest BCUT2D eigenvalue weighted by Crippen LogP contribution is 2.26. The van der Waals surface area contributed by atoms with E-state index in [9.17, 15) is 14.7 Å². The number of H-pyrrole nitrogens is 1. The number of anilines is 4. The van der Waals surface area contributed by atoms with Crippen molar-refractivity contribution in [1.82, 2.24) is 24.8 Å². The molecular weight excluding hydrogens is 515 g/mol. The standard InChI is InChI=1S/C28H29FN8O3/c1-3-24(39)31-19-6-4-5-18(13-19)25-33-26-21(27(40)34-25)15-30-28(35-26)32-20-7-8-23(22(29)14-20)37-11-9-36(10-12-37)16-17(2)38/h3-8,13-15,17,38H,1,9-12,16H2,2H3,(H,31,39)(H2,30,32,33,34,35,40)/t17-/m1/s1. The highest BCUT2D eigenvalue weighted by molar-refractivity contribution is 5.99. The average molecular weight is 545 g/mol. The molecule has 2 aromatic heterocycles. The van der Waals surface area contributed by atoms with E-state index in [0.29, 0.717) is 42.3 Å². The Kier molecular flexibility index (Phi) is 7.80. The van der Waals surface area contributed by atoms with Crippen LogP contribution >= 0.6 is 0 Å². The maximum atomic E-state index is 15.1. The first-order chi connectivity index (χ1) is 19.3. The van der Waals surface area contributed by atoms with Crippen LogP contribution in [0, 0.1) is 5.82 Å². The number of nitrogens with one attached hydrogen (secondary N) is 3. The van der Waals surface area contributed by atoms with Gasteiger partial charge in [-0.1, -0.05) is 18.7 Å². The fourth-order valence-corrected chi connectivity index (χ4v) is 4.58. The van der Waals surface area contributed by atoms with Crippen molar-refractivity contribution in [3.05, 3.63) is 77.5 Å². The second kappa shape index (κ2) is 11.6. The quantitative estimate of drug-likeness (QED) is 0.247. The van der Waals surface area contributed by atoms with Crippen LogP contribution in [-0.4, -0.2) is 74.7 Å². The Balaban J connectivity index is 1.34. The largest absolute Gasteiger partial charge is 0.392 e. The van der Waals surface area contributed by atoms with E-state index in [-0.39, 0.29) is 34.5 Å². The van der Waals surface area contributed by atoms with Crippen LogP contribution in [0.15, 0.2) is 66.1 Å². The predicted octanol–water partition coefficient (Wildman–Crippen LogP) is 2.89. The molecule has 1 saturated heterocycles. The molecule has 12 heteroatoms. The zero-order chi connectivity index (χ0) is 28.2. The fraction of sp³-hybridized carbons (Fsp3) is 0.250. The minimum Gasteiger partial charge on any atom is -0.392 e.